The van der Waals surface area contributed by atoms with Crippen LogP contribution >= 0.6 is 11.3 Å². The Hall–Kier alpha value is -1.12. The number of nitrogens with one attached hydrogen (secondary N) is 1. The lowest BCUT2D eigenvalue weighted by Gasteiger charge is -2.19. The molecular weight excluding hydrogens is 262 g/mol. The summed E-state index contributed by atoms with van der Waals surface area (Å²) in [5.74, 6) is 1.26. The molecular formula is C18H25NS. The first-order chi connectivity index (χ1) is 9.66. The van der Waals surface area contributed by atoms with Crippen LogP contribution < -0.4 is 5.32 Å². The van der Waals surface area contributed by atoms with Crippen LogP contribution in [0.2, 0.25) is 0 Å². The molecule has 20 heavy (non-hydrogen) atoms. The Kier molecular flexibility index (Phi) is 5.81. The minimum atomic E-state index is 0.559. The highest BCUT2D eigenvalue weighted by atomic mass is 32.1. The molecule has 0 saturated heterocycles. The van der Waals surface area contributed by atoms with Crippen LogP contribution in [0.3, 0.4) is 0 Å². The molecule has 1 N–H and O–H groups in total. The van der Waals surface area contributed by atoms with E-state index in [9.17, 15) is 0 Å². The van der Waals surface area contributed by atoms with Gasteiger partial charge in [-0.05, 0) is 48.4 Å². The van der Waals surface area contributed by atoms with Crippen molar-refractivity contribution in [2.24, 2.45) is 5.92 Å². The summed E-state index contributed by atoms with van der Waals surface area (Å²) in [5.41, 5.74) is 2.93. The minimum absolute atomic E-state index is 0.559. The second kappa shape index (κ2) is 7.61. The summed E-state index contributed by atoms with van der Waals surface area (Å²) >= 11 is 1.85. The Balaban J connectivity index is 2.06. The molecule has 1 heterocycles. The van der Waals surface area contributed by atoms with Crippen LogP contribution in [0.5, 0.6) is 0 Å². The summed E-state index contributed by atoms with van der Waals surface area (Å²) < 4.78 is 0. The number of aryl methyl sites for hydroxylation is 1. The molecule has 1 atom stereocenters. The monoisotopic (exact) mass is 287 g/mol. The maximum atomic E-state index is 3.62. The van der Waals surface area contributed by atoms with Gasteiger partial charge in [0.25, 0.3) is 0 Å². The molecule has 0 amide bonds. The third-order valence-electron chi connectivity index (χ3n) is 3.65. The summed E-state index contributed by atoms with van der Waals surface area (Å²) in [7, 11) is 0. The van der Waals surface area contributed by atoms with Crippen molar-refractivity contribution in [2.75, 3.05) is 13.1 Å². The highest BCUT2D eigenvalue weighted by Crippen LogP contribution is 2.24. The molecule has 0 aliphatic rings. The predicted octanol–water partition coefficient (Wildman–Crippen LogP) is 4.63. The van der Waals surface area contributed by atoms with Gasteiger partial charge in [0.15, 0.2) is 0 Å². The zero-order valence-corrected chi connectivity index (χ0v) is 13.5. The molecule has 0 saturated carbocycles. The summed E-state index contributed by atoms with van der Waals surface area (Å²) in [6.07, 6.45) is 1.13. The normalized spacial score (nSPS) is 12.8. The van der Waals surface area contributed by atoms with E-state index in [0.717, 1.165) is 19.5 Å². The van der Waals surface area contributed by atoms with E-state index in [1.807, 2.05) is 11.3 Å². The predicted molar refractivity (Wildman–Crippen MR) is 89.7 cm³/mol. The Morgan fingerprint density at radius 1 is 1.05 bits per heavy atom. The lowest BCUT2D eigenvalue weighted by atomic mass is 9.92. The van der Waals surface area contributed by atoms with Gasteiger partial charge in [-0.3, -0.25) is 0 Å². The van der Waals surface area contributed by atoms with Crippen molar-refractivity contribution in [1.29, 1.82) is 0 Å². The lowest BCUT2D eigenvalue weighted by molar-refractivity contribution is 0.514. The van der Waals surface area contributed by atoms with Crippen LogP contribution in [0.25, 0.3) is 0 Å². The van der Waals surface area contributed by atoms with Gasteiger partial charge in [0.2, 0.25) is 0 Å². The van der Waals surface area contributed by atoms with E-state index < -0.39 is 0 Å². The molecule has 0 aliphatic carbocycles. The lowest BCUT2D eigenvalue weighted by Crippen LogP contribution is -2.26. The fraction of sp³-hybridized carbons (Fsp3) is 0.444. The molecule has 0 radical (unpaired) electrons. The van der Waals surface area contributed by atoms with Gasteiger partial charge in [0, 0.05) is 17.3 Å². The van der Waals surface area contributed by atoms with Gasteiger partial charge in [-0.25, -0.2) is 0 Å². The molecule has 1 nitrogen and oxygen atoms in total. The van der Waals surface area contributed by atoms with Crippen molar-refractivity contribution in [3.63, 3.8) is 0 Å². The second-order valence-electron chi connectivity index (χ2n) is 5.87. The van der Waals surface area contributed by atoms with Crippen molar-refractivity contribution in [3.8, 4) is 0 Å². The van der Waals surface area contributed by atoms with Crippen LogP contribution in [-0.4, -0.2) is 13.1 Å². The number of hydrogen-bond donors (Lipinski definition) is 1. The molecule has 0 aliphatic heterocycles. The number of benzene rings is 1. The van der Waals surface area contributed by atoms with E-state index in [0.29, 0.717) is 11.8 Å². The van der Waals surface area contributed by atoms with E-state index in [1.54, 1.807) is 0 Å². The fourth-order valence-corrected chi connectivity index (χ4v) is 3.21. The molecule has 1 aromatic carbocycles. The van der Waals surface area contributed by atoms with Gasteiger partial charge < -0.3 is 5.32 Å². The van der Waals surface area contributed by atoms with Crippen molar-refractivity contribution in [1.82, 2.24) is 5.32 Å². The van der Waals surface area contributed by atoms with Gasteiger partial charge in [-0.2, -0.15) is 0 Å². The summed E-state index contributed by atoms with van der Waals surface area (Å²) in [6, 6.07) is 13.2. The zero-order chi connectivity index (χ0) is 14.4. The van der Waals surface area contributed by atoms with Crippen LogP contribution in [-0.2, 0) is 6.42 Å². The van der Waals surface area contributed by atoms with Gasteiger partial charge in [-0.15, -0.1) is 11.3 Å². The van der Waals surface area contributed by atoms with Crippen molar-refractivity contribution < 1.29 is 0 Å². The molecule has 1 aromatic heterocycles. The Morgan fingerprint density at radius 3 is 2.40 bits per heavy atom. The molecule has 0 bridgehead atoms. The first-order valence-corrected chi connectivity index (χ1v) is 8.33. The van der Waals surface area contributed by atoms with E-state index in [1.165, 1.54) is 16.0 Å². The first-order valence-electron chi connectivity index (χ1n) is 7.45. The smallest absolute Gasteiger partial charge is 0.00464 e. The molecule has 2 rings (SSSR count). The number of hydrogen-bond acceptors (Lipinski definition) is 2. The summed E-state index contributed by atoms with van der Waals surface area (Å²) in [4.78, 5) is 1.45. The quantitative estimate of drug-likeness (QED) is 0.783. The van der Waals surface area contributed by atoms with E-state index in [-0.39, 0.29) is 0 Å². The molecule has 108 valence electrons. The maximum absolute atomic E-state index is 3.62. The zero-order valence-electron chi connectivity index (χ0n) is 12.7. The SMILES string of the molecule is Cc1sccc1CC(CNCC(C)C)c1ccccc1. The second-order valence-corrected chi connectivity index (χ2v) is 6.99. The third kappa shape index (κ3) is 4.46. The molecule has 0 fully saturated rings. The van der Waals surface area contributed by atoms with Crippen LogP contribution in [0.4, 0.5) is 0 Å². The highest BCUT2D eigenvalue weighted by Gasteiger charge is 2.14. The first kappa shape index (κ1) is 15.3. The van der Waals surface area contributed by atoms with Crippen LogP contribution in [0.15, 0.2) is 41.8 Å². The van der Waals surface area contributed by atoms with E-state index in [2.05, 4.69) is 67.9 Å². The van der Waals surface area contributed by atoms with Crippen LogP contribution in [0, 0.1) is 12.8 Å². The van der Waals surface area contributed by atoms with Crippen molar-refractivity contribution >= 4 is 11.3 Å². The van der Waals surface area contributed by atoms with E-state index in [4.69, 9.17) is 0 Å². The number of rotatable bonds is 7. The van der Waals surface area contributed by atoms with Crippen LogP contribution in [0.1, 0.15) is 35.8 Å². The molecule has 0 spiro atoms. The van der Waals surface area contributed by atoms with Crippen molar-refractivity contribution in [2.45, 2.75) is 33.1 Å². The highest BCUT2D eigenvalue weighted by molar-refractivity contribution is 7.10. The minimum Gasteiger partial charge on any atom is -0.316 e. The largest absolute Gasteiger partial charge is 0.316 e. The van der Waals surface area contributed by atoms with Gasteiger partial charge in [0.05, 0.1) is 0 Å². The average molecular weight is 287 g/mol. The van der Waals surface area contributed by atoms with Gasteiger partial charge in [0.1, 0.15) is 0 Å². The number of thiophene rings is 1. The van der Waals surface area contributed by atoms with Gasteiger partial charge in [-0.1, -0.05) is 44.2 Å². The summed E-state index contributed by atoms with van der Waals surface area (Å²) in [6.45, 7) is 8.88. The topological polar surface area (TPSA) is 12.0 Å². The maximum Gasteiger partial charge on any atom is 0.00464 e. The Bertz CT molecular complexity index is 501. The average Bonchev–Trinajstić information content (AvgIpc) is 2.84. The Morgan fingerprint density at radius 2 is 1.80 bits per heavy atom. The molecule has 2 aromatic rings. The molecule has 1 unspecified atom stereocenters. The van der Waals surface area contributed by atoms with E-state index >= 15 is 0 Å². The summed E-state index contributed by atoms with van der Waals surface area (Å²) in [5, 5.41) is 5.82. The Labute approximate surface area is 127 Å². The fourth-order valence-electron chi connectivity index (χ4n) is 2.47. The third-order valence-corrected chi connectivity index (χ3v) is 4.53. The van der Waals surface area contributed by atoms with Crippen molar-refractivity contribution in [3.05, 3.63) is 57.8 Å². The van der Waals surface area contributed by atoms with Gasteiger partial charge >= 0.3 is 0 Å². The molecule has 2 heteroatoms. The standard InChI is InChI=1S/C18H25NS/c1-14(2)12-19-13-18(16-7-5-4-6-8-16)11-17-9-10-20-15(17)3/h4-10,14,18-19H,11-13H2,1-3H3.